The van der Waals surface area contributed by atoms with E-state index in [-0.39, 0.29) is 0 Å². The summed E-state index contributed by atoms with van der Waals surface area (Å²) in [5.41, 5.74) is 4.17. The maximum Gasteiger partial charge on any atom is 0.0368 e. The Labute approximate surface area is 124 Å². The van der Waals surface area contributed by atoms with Gasteiger partial charge in [-0.3, -0.25) is 0 Å². The quantitative estimate of drug-likeness (QED) is 0.809. The van der Waals surface area contributed by atoms with Crippen molar-refractivity contribution in [3.05, 3.63) is 29.3 Å². The van der Waals surface area contributed by atoms with Gasteiger partial charge in [-0.1, -0.05) is 19.9 Å². The van der Waals surface area contributed by atoms with Crippen molar-refractivity contribution in [1.82, 2.24) is 5.32 Å². The van der Waals surface area contributed by atoms with E-state index in [0.29, 0.717) is 12.0 Å². The molecule has 1 fully saturated rings. The van der Waals surface area contributed by atoms with E-state index in [0.717, 1.165) is 19.0 Å². The molecule has 0 aliphatic heterocycles. The fourth-order valence-electron chi connectivity index (χ4n) is 2.72. The van der Waals surface area contributed by atoms with Crippen LogP contribution in [0.15, 0.2) is 18.2 Å². The highest BCUT2D eigenvalue weighted by molar-refractivity contribution is 5.51. The molecule has 1 N–H and O–H groups in total. The number of benzene rings is 1. The molecule has 1 aromatic rings. The maximum absolute atomic E-state index is 3.53. The molecular formula is C18H30N2. The number of aryl methyl sites for hydroxylation is 1. The van der Waals surface area contributed by atoms with Gasteiger partial charge in [0.1, 0.15) is 0 Å². The molecule has 112 valence electrons. The third-order valence-corrected chi connectivity index (χ3v) is 4.52. The van der Waals surface area contributed by atoms with Crippen LogP contribution in [-0.4, -0.2) is 19.6 Å². The molecule has 0 radical (unpaired) electrons. The first kappa shape index (κ1) is 15.4. The zero-order valence-electron chi connectivity index (χ0n) is 13.7. The van der Waals surface area contributed by atoms with Crippen LogP contribution in [0.2, 0.25) is 0 Å². The van der Waals surface area contributed by atoms with Gasteiger partial charge in [0.2, 0.25) is 0 Å². The normalized spacial score (nSPS) is 16.5. The minimum absolute atomic E-state index is 0.666. The molecule has 2 nitrogen and oxygen atoms in total. The van der Waals surface area contributed by atoms with Crippen LogP contribution < -0.4 is 10.2 Å². The van der Waals surface area contributed by atoms with Gasteiger partial charge < -0.3 is 10.2 Å². The average Bonchev–Trinajstić information content (AvgIpc) is 3.23. The predicted molar refractivity (Wildman–Crippen MR) is 88.3 cm³/mol. The average molecular weight is 274 g/mol. The van der Waals surface area contributed by atoms with Crippen LogP contribution in [0.25, 0.3) is 0 Å². The molecular weight excluding hydrogens is 244 g/mol. The molecule has 1 atom stereocenters. The van der Waals surface area contributed by atoms with E-state index < -0.39 is 0 Å². The molecule has 2 heteroatoms. The van der Waals surface area contributed by atoms with E-state index in [1.54, 1.807) is 0 Å². The van der Waals surface area contributed by atoms with E-state index in [9.17, 15) is 0 Å². The summed E-state index contributed by atoms with van der Waals surface area (Å²) < 4.78 is 0. The second kappa shape index (κ2) is 6.62. The van der Waals surface area contributed by atoms with Crippen molar-refractivity contribution in [3.63, 3.8) is 0 Å². The summed E-state index contributed by atoms with van der Waals surface area (Å²) >= 11 is 0. The summed E-state index contributed by atoms with van der Waals surface area (Å²) in [6.07, 6.45) is 2.81. The summed E-state index contributed by atoms with van der Waals surface area (Å²) in [7, 11) is 2.23. The smallest absolute Gasteiger partial charge is 0.0368 e. The van der Waals surface area contributed by atoms with Gasteiger partial charge in [-0.15, -0.1) is 0 Å². The maximum atomic E-state index is 3.53. The van der Waals surface area contributed by atoms with Crippen LogP contribution in [0.3, 0.4) is 0 Å². The first-order valence-corrected chi connectivity index (χ1v) is 8.02. The molecule has 0 aromatic heterocycles. The highest BCUT2D eigenvalue weighted by Crippen LogP contribution is 2.36. The molecule has 1 aliphatic rings. The topological polar surface area (TPSA) is 15.3 Å². The number of anilines is 1. The number of rotatable bonds is 7. The van der Waals surface area contributed by atoms with Crippen LogP contribution in [0.5, 0.6) is 0 Å². The Morgan fingerprint density at radius 3 is 2.50 bits per heavy atom. The molecule has 1 unspecified atom stereocenters. The summed E-state index contributed by atoms with van der Waals surface area (Å²) in [5, 5.41) is 3.53. The lowest BCUT2D eigenvalue weighted by molar-refractivity contribution is 0.551. The molecule has 0 saturated heterocycles. The van der Waals surface area contributed by atoms with E-state index in [1.165, 1.54) is 29.7 Å². The standard InChI is InChI=1S/C18H30N2/c1-13(2)11-19-12-17-8-9-18(10-14(17)3)20(5)15(4)16-6-7-16/h8-10,13,15-16,19H,6-7,11-12H2,1-5H3. The van der Waals surface area contributed by atoms with Crippen molar-refractivity contribution in [1.29, 1.82) is 0 Å². The predicted octanol–water partition coefficient (Wildman–Crippen LogP) is 3.98. The Balaban J connectivity index is 1.97. The summed E-state index contributed by atoms with van der Waals surface area (Å²) in [6.45, 7) is 11.1. The first-order chi connectivity index (χ1) is 9.49. The Kier molecular flexibility index (Phi) is 5.09. The number of hydrogen-bond acceptors (Lipinski definition) is 2. The van der Waals surface area contributed by atoms with Crippen molar-refractivity contribution < 1.29 is 0 Å². The fourth-order valence-corrected chi connectivity index (χ4v) is 2.72. The molecule has 1 aliphatic carbocycles. The van der Waals surface area contributed by atoms with Gasteiger partial charge in [-0.2, -0.15) is 0 Å². The molecule has 2 rings (SSSR count). The molecule has 0 bridgehead atoms. The van der Waals surface area contributed by atoms with Crippen molar-refractivity contribution in [3.8, 4) is 0 Å². The molecule has 0 amide bonds. The van der Waals surface area contributed by atoms with Gasteiger partial charge in [-0.05, 0) is 68.3 Å². The van der Waals surface area contributed by atoms with E-state index in [4.69, 9.17) is 0 Å². The Bertz CT molecular complexity index is 435. The van der Waals surface area contributed by atoms with Crippen molar-refractivity contribution in [2.75, 3.05) is 18.5 Å². The van der Waals surface area contributed by atoms with Crippen LogP contribution >= 0.6 is 0 Å². The molecule has 0 heterocycles. The van der Waals surface area contributed by atoms with Crippen molar-refractivity contribution in [2.45, 2.75) is 53.1 Å². The van der Waals surface area contributed by atoms with Gasteiger partial charge in [0.05, 0.1) is 0 Å². The minimum Gasteiger partial charge on any atom is -0.372 e. The van der Waals surface area contributed by atoms with E-state index in [2.05, 4.69) is 63.2 Å². The minimum atomic E-state index is 0.666. The van der Waals surface area contributed by atoms with Crippen LogP contribution in [0, 0.1) is 18.8 Å². The van der Waals surface area contributed by atoms with Crippen LogP contribution in [0.4, 0.5) is 5.69 Å². The lowest BCUT2D eigenvalue weighted by Crippen LogP contribution is -2.30. The van der Waals surface area contributed by atoms with Gasteiger partial charge in [-0.25, -0.2) is 0 Å². The second-order valence-electron chi connectivity index (χ2n) is 6.82. The summed E-state index contributed by atoms with van der Waals surface area (Å²) in [6, 6.07) is 7.57. The largest absolute Gasteiger partial charge is 0.372 e. The number of nitrogens with zero attached hydrogens (tertiary/aromatic N) is 1. The van der Waals surface area contributed by atoms with Gasteiger partial charge in [0.15, 0.2) is 0 Å². The van der Waals surface area contributed by atoms with Crippen LogP contribution in [-0.2, 0) is 6.54 Å². The zero-order valence-corrected chi connectivity index (χ0v) is 13.7. The third kappa shape index (κ3) is 3.99. The van der Waals surface area contributed by atoms with Gasteiger partial charge in [0, 0.05) is 25.3 Å². The monoisotopic (exact) mass is 274 g/mol. The Morgan fingerprint density at radius 2 is 1.95 bits per heavy atom. The SMILES string of the molecule is Cc1cc(N(C)C(C)C2CC2)ccc1CNCC(C)C. The molecule has 20 heavy (non-hydrogen) atoms. The highest BCUT2D eigenvalue weighted by Gasteiger charge is 2.30. The summed E-state index contributed by atoms with van der Waals surface area (Å²) in [5.74, 6) is 1.62. The van der Waals surface area contributed by atoms with Gasteiger partial charge in [0.25, 0.3) is 0 Å². The van der Waals surface area contributed by atoms with Gasteiger partial charge >= 0.3 is 0 Å². The highest BCUT2D eigenvalue weighted by atomic mass is 15.1. The Hall–Kier alpha value is -1.02. The molecule has 0 spiro atoms. The first-order valence-electron chi connectivity index (χ1n) is 8.02. The zero-order chi connectivity index (χ0) is 14.7. The second-order valence-corrected chi connectivity index (χ2v) is 6.82. The van der Waals surface area contributed by atoms with Crippen molar-refractivity contribution >= 4 is 5.69 Å². The van der Waals surface area contributed by atoms with Crippen LogP contribution in [0.1, 0.15) is 44.7 Å². The van der Waals surface area contributed by atoms with E-state index in [1.807, 2.05) is 0 Å². The molecule has 1 aromatic carbocycles. The number of hydrogen-bond donors (Lipinski definition) is 1. The van der Waals surface area contributed by atoms with E-state index >= 15 is 0 Å². The lowest BCUT2D eigenvalue weighted by atomic mass is 10.1. The summed E-state index contributed by atoms with van der Waals surface area (Å²) in [4.78, 5) is 2.44. The lowest BCUT2D eigenvalue weighted by Gasteiger charge is -2.28. The third-order valence-electron chi connectivity index (χ3n) is 4.52. The molecule has 1 saturated carbocycles. The van der Waals surface area contributed by atoms with Crippen molar-refractivity contribution in [2.24, 2.45) is 11.8 Å². The fraction of sp³-hybridized carbons (Fsp3) is 0.667. The Morgan fingerprint density at radius 1 is 1.25 bits per heavy atom. The number of nitrogens with one attached hydrogen (secondary N) is 1.